The first-order chi connectivity index (χ1) is 11.5. The highest BCUT2D eigenvalue weighted by Gasteiger charge is 2.46. The van der Waals surface area contributed by atoms with E-state index in [2.05, 4.69) is 4.98 Å². The first kappa shape index (κ1) is 17.3. The average molecular weight is 353 g/mol. The summed E-state index contributed by atoms with van der Waals surface area (Å²) < 4.78 is 31.9. The molecule has 3 rings (SSSR count). The zero-order valence-electron chi connectivity index (χ0n) is 13.8. The van der Waals surface area contributed by atoms with Crippen LogP contribution in [0.5, 0.6) is 0 Å². The monoisotopic (exact) mass is 353 g/mol. The van der Waals surface area contributed by atoms with E-state index in [-0.39, 0.29) is 11.8 Å². The Kier molecular flexibility index (Phi) is 5.17. The fourth-order valence-electron chi connectivity index (χ4n) is 3.56. The summed E-state index contributed by atoms with van der Waals surface area (Å²) in [5.74, 6) is -0.0439. The van der Waals surface area contributed by atoms with Gasteiger partial charge in [-0.3, -0.25) is 9.78 Å². The SMILES string of the molecule is COCCN1C[C@@H]2CCN(C(=O)c3ccccn3)CC[C@H]2S1(=O)=O. The third-order valence-electron chi connectivity index (χ3n) is 4.88. The molecule has 1 amide bonds. The molecule has 0 N–H and O–H groups in total. The number of amides is 1. The third kappa shape index (κ3) is 3.31. The molecular weight excluding hydrogens is 330 g/mol. The number of sulfonamides is 1. The summed E-state index contributed by atoms with van der Waals surface area (Å²) in [5, 5.41) is -0.393. The minimum atomic E-state index is -3.30. The number of rotatable bonds is 4. The molecule has 2 atom stereocenters. The van der Waals surface area contributed by atoms with Gasteiger partial charge in [0.05, 0.1) is 11.9 Å². The van der Waals surface area contributed by atoms with Crippen molar-refractivity contribution in [1.82, 2.24) is 14.2 Å². The molecule has 8 heteroatoms. The molecule has 1 aromatic rings. The van der Waals surface area contributed by atoms with Gasteiger partial charge in [-0.15, -0.1) is 0 Å². The number of nitrogens with zero attached hydrogens (tertiary/aromatic N) is 3. The summed E-state index contributed by atoms with van der Waals surface area (Å²) in [7, 11) is -1.73. The summed E-state index contributed by atoms with van der Waals surface area (Å²) in [6.45, 7) is 2.37. The van der Waals surface area contributed by atoms with Crippen LogP contribution in [0.4, 0.5) is 0 Å². The van der Waals surface area contributed by atoms with Crippen molar-refractivity contribution < 1.29 is 17.9 Å². The molecule has 7 nitrogen and oxygen atoms in total. The number of aromatic nitrogens is 1. The molecule has 0 unspecified atom stereocenters. The molecule has 0 radical (unpaired) electrons. The lowest BCUT2D eigenvalue weighted by atomic mass is 10.0. The number of likely N-dealkylation sites (tertiary alicyclic amines) is 1. The van der Waals surface area contributed by atoms with Gasteiger partial charge in [0.2, 0.25) is 10.0 Å². The fourth-order valence-corrected chi connectivity index (χ4v) is 5.79. The summed E-state index contributed by atoms with van der Waals surface area (Å²) in [6, 6.07) is 5.24. The summed E-state index contributed by atoms with van der Waals surface area (Å²) >= 11 is 0. The van der Waals surface area contributed by atoms with E-state index in [1.165, 1.54) is 0 Å². The number of methoxy groups -OCH3 is 1. The van der Waals surface area contributed by atoms with Gasteiger partial charge in [-0.2, -0.15) is 4.31 Å². The second-order valence-corrected chi connectivity index (χ2v) is 8.43. The molecule has 2 saturated heterocycles. The molecular formula is C16H23N3O4S. The van der Waals surface area contributed by atoms with Crippen molar-refractivity contribution in [1.29, 1.82) is 0 Å². The van der Waals surface area contributed by atoms with E-state index in [9.17, 15) is 13.2 Å². The Balaban J connectivity index is 1.69. The normalized spacial score (nSPS) is 26.8. The summed E-state index contributed by atoms with van der Waals surface area (Å²) in [5.41, 5.74) is 0.411. The number of hydrogen-bond acceptors (Lipinski definition) is 5. The maximum Gasteiger partial charge on any atom is 0.272 e. The second kappa shape index (κ2) is 7.16. The number of fused-ring (bicyclic) bond motifs is 1. The Morgan fingerprint density at radius 2 is 2.12 bits per heavy atom. The summed E-state index contributed by atoms with van der Waals surface area (Å²) in [4.78, 5) is 18.4. The van der Waals surface area contributed by atoms with Gasteiger partial charge in [0, 0.05) is 39.5 Å². The van der Waals surface area contributed by atoms with Crippen LogP contribution in [0.2, 0.25) is 0 Å². The second-order valence-electron chi connectivity index (χ2n) is 6.28. The highest BCUT2D eigenvalue weighted by atomic mass is 32.2. The summed E-state index contributed by atoms with van der Waals surface area (Å²) in [6.07, 6.45) is 2.78. The number of carbonyl (C=O) groups excluding carboxylic acids is 1. The van der Waals surface area contributed by atoms with E-state index >= 15 is 0 Å². The van der Waals surface area contributed by atoms with E-state index in [0.717, 1.165) is 0 Å². The molecule has 2 aliphatic rings. The molecule has 0 aromatic carbocycles. The Labute approximate surface area is 142 Å². The van der Waals surface area contributed by atoms with Crippen LogP contribution in [0.15, 0.2) is 24.4 Å². The molecule has 3 heterocycles. The van der Waals surface area contributed by atoms with Crippen LogP contribution in [-0.4, -0.2) is 73.7 Å². The molecule has 2 fully saturated rings. The predicted octanol–water partition coefficient (Wildman–Crippen LogP) is 0.594. The Morgan fingerprint density at radius 3 is 2.83 bits per heavy atom. The lowest BCUT2D eigenvalue weighted by molar-refractivity contribution is 0.0753. The number of ether oxygens (including phenoxy) is 1. The number of pyridine rings is 1. The van der Waals surface area contributed by atoms with Crippen molar-refractivity contribution in [3.8, 4) is 0 Å². The molecule has 132 valence electrons. The van der Waals surface area contributed by atoms with Crippen molar-refractivity contribution in [3.63, 3.8) is 0 Å². The smallest absolute Gasteiger partial charge is 0.272 e. The van der Waals surface area contributed by atoms with Crippen molar-refractivity contribution in [3.05, 3.63) is 30.1 Å². The lowest BCUT2D eigenvalue weighted by Crippen LogP contribution is -2.36. The zero-order chi connectivity index (χ0) is 17.2. The highest BCUT2D eigenvalue weighted by Crippen LogP contribution is 2.34. The first-order valence-corrected chi connectivity index (χ1v) is 9.72. The molecule has 0 aliphatic carbocycles. The van der Waals surface area contributed by atoms with Crippen molar-refractivity contribution >= 4 is 15.9 Å². The van der Waals surface area contributed by atoms with Crippen LogP contribution in [-0.2, 0) is 14.8 Å². The van der Waals surface area contributed by atoms with Crippen LogP contribution in [0.1, 0.15) is 23.3 Å². The van der Waals surface area contributed by atoms with E-state index in [0.29, 0.717) is 51.3 Å². The van der Waals surface area contributed by atoms with Crippen LogP contribution in [0.25, 0.3) is 0 Å². The number of carbonyl (C=O) groups is 1. The topological polar surface area (TPSA) is 79.8 Å². The van der Waals surface area contributed by atoms with E-state index in [4.69, 9.17) is 4.74 Å². The van der Waals surface area contributed by atoms with E-state index < -0.39 is 15.3 Å². The van der Waals surface area contributed by atoms with Gasteiger partial charge < -0.3 is 9.64 Å². The van der Waals surface area contributed by atoms with Gasteiger partial charge >= 0.3 is 0 Å². The van der Waals surface area contributed by atoms with E-state index in [1.807, 2.05) is 0 Å². The minimum absolute atomic E-state index is 0.0772. The molecule has 0 spiro atoms. The predicted molar refractivity (Wildman–Crippen MR) is 89.0 cm³/mol. The largest absolute Gasteiger partial charge is 0.383 e. The molecule has 24 heavy (non-hydrogen) atoms. The molecule has 2 aliphatic heterocycles. The van der Waals surface area contributed by atoms with Crippen molar-refractivity contribution in [2.75, 3.05) is 39.9 Å². The Morgan fingerprint density at radius 1 is 1.33 bits per heavy atom. The lowest BCUT2D eigenvalue weighted by Gasteiger charge is -2.21. The Bertz CT molecular complexity index is 680. The van der Waals surface area contributed by atoms with Crippen LogP contribution in [0, 0.1) is 5.92 Å². The average Bonchev–Trinajstić information content (AvgIpc) is 2.74. The molecule has 0 saturated carbocycles. The Hall–Kier alpha value is -1.51. The first-order valence-electron chi connectivity index (χ1n) is 8.22. The van der Waals surface area contributed by atoms with Gasteiger partial charge in [-0.1, -0.05) is 6.07 Å². The van der Waals surface area contributed by atoms with E-state index in [1.54, 1.807) is 40.7 Å². The van der Waals surface area contributed by atoms with Gasteiger partial charge in [0.1, 0.15) is 5.69 Å². The van der Waals surface area contributed by atoms with Gasteiger partial charge in [-0.05, 0) is 30.9 Å². The van der Waals surface area contributed by atoms with Crippen molar-refractivity contribution in [2.45, 2.75) is 18.1 Å². The van der Waals surface area contributed by atoms with Crippen LogP contribution in [0.3, 0.4) is 0 Å². The zero-order valence-corrected chi connectivity index (χ0v) is 14.6. The maximum absolute atomic E-state index is 12.7. The van der Waals surface area contributed by atoms with Crippen LogP contribution < -0.4 is 0 Å². The maximum atomic E-state index is 12.7. The standard InChI is InChI=1S/C16H23N3O4S/c1-23-11-10-19-12-13-5-8-18(9-6-15(13)24(19,21)22)16(20)14-4-2-3-7-17-14/h2-4,7,13,15H,5-6,8-12H2,1H3/t13-,15+/m0/s1. The fraction of sp³-hybridized carbons (Fsp3) is 0.625. The molecule has 1 aromatic heterocycles. The molecule has 0 bridgehead atoms. The van der Waals surface area contributed by atoms with Gasteiger partial charge in [-0.25, -0.2) is 8.42 Å². The quantitative estimate of drug-likeness (QED) is 0.792. The van der Waals surface area contributed by atoms with Crippen LogP contribution >= 0.6 is 0 Å². The minimum Gasteiger partial charge on any atom is -0.383 e. The van der Waals surface area contributed by atoms with Gasteiger partial charge in [0.15, 0.2) is 0 Å². The highest BCUT2D eigenvalue weighted by molar-refractivity contribution is 7.90. The van der Waals surface area contributed by atoms with Gasteiger partial charge in [0.25, 0.3) is 5.91 Å². The van der Waals surface area contributed by atoms with Crippen molar-refractivity contribution in [2.24, 2.45) is 5.92 Å². The third-order valence-corrected chi connectivity index (χ3v) is 7.31. The number of hydrogen-bond donors (Lipinski definition) is 0.